The number of ether oxygens (including phenoxy) is 1. The molecule has 0 spiro atoms. The average molecular weight is 539 g/mol. The van der Waals surface area contributed by atoms with Gasteiger partial charge in [0.1, 0.15) is 5.75 Å². The van der Waals surface area contributed by atoms with Gasteiger partial charge in [0.15, 0.2) is 6.61 Å². The molecular formula is C22H24Cl2N6O4S. The molecule has 2 aromatic carbocycles. The van der Waals surface area contributed by atoms with Gasteiger partial charge in [-0.15, -0.1) is 0 Å². The summed E-state index contributed by atoms with van der Waals surface area (Å²) in [4.78, 5) is 25.8. The lowest BCUT2D eigenvalue weighted by molar-refractivity contribution is -0.119. The summed E-state index contributed by atoms with van der Waals surface area (Å²) in [5.41, 5.74) is 0.853. The van der Waals surface area contributed by atoms with Gasteiger partial charge in [-0.1, -0.05) is 40.9 Å². The minimum atomic E-state index is -4.41. The van der Waals surface area contributed by atoms with Crippen LogP contribution in [0.15, 0.2) is 47.4 Å². The monoisotopic (exact) mass is 538 g/mol. The first-order chi connectivity index (χ1) is 16.6. The number of halogens is 2. The highest BCUT2D eigenvalue weighted by molar-refractivity contribution is 7.93. The molecule has 13 heteroatoms. The van der Waals surface area contributed by atoms with Gasteiger partial charge in [0.05, 0.1) is 9.92 Å². The summed E-state index contributed by atoms with van der Waals surface area (Å²) in [5.74, 6) is -0.954. The van der Waals surface area contributed by atoms with Crippen LogP contribution in [0.5, 0.6) is 5.75 Å². The molecule has 0 unspecified atom stereocenters. The van der Waals surface area contributed by atoms with Gasteiger partial charge in [0.2, 0.25) is 11.9 Å². The molecule has 0 fully saturated rings. The van der Waals surface area contributed by atoms with Crippen LogP contribution in [-0.4, -0.2) is 49.0 Å². The fourth-order valence-electron chi connectivity index (χ4n) is 2.89. The lowest BCUT2D eigenvalue weighted by atomic mass is 10.2. The first-order valence-corrected chi connectivity index (χ1v) is 12.8. The Hall–Kier alpha value is -3.15. The van der Waals surface area contributed by atoms with Crippen molar-refractivity contribution in [1.82, 2.24) is 15.0 Å². The molecule has 10 nitrogen and oxygen atoms in total. The van der Waals surface area contributed by atoms with Crippen molar-refractivity contribution >= 4 is 57.0 Å². The molecule has 1 heterocycles. The van der Waals surface area contributed by atoms with Crippen LogP contribution in [0.1, 0.15) is 19.4 Å². The van der Waals surface area contributed by atoms with Gasteiger partial charge in [0.25, 0.3) is 21.9 Å². The third-order valence-corrected chi connectivity index (χ3v) is 6.75. The van der Waals surface area contributed by atoms with Gasteiger partial charge in [-0.25, -0.2) is 8.42 Å². The van der Waals surface area contributed by atoms with Crippen molar-refractivity contribution in [3.8, 4) is 5.75 Å². The number of nitrogens with zero attached hydrogens (tertiary/aromatic N) is 4. The lowest BCUT2D eigenvalue weighted by Crippen LogP contribution is -2.41. The Balaban J connectivity index is 2.06. The summed E-state index contributed by atoms with van der Waals surface area (Å²) >= 11 is 12.0. The molecule has 3 rings (SSSR count). The number of hydrogen-bond acceptors (Lipinski definition) is 9. The van der Waals surface area contributed by atoms with Crippen LogP contribution < -0.4 is 19.7 Å². The highest BCUT2D eigenvalue weighted by Gasteiger charge is 2.34. The molecule has 0 aliphatic heterocycles. The number of benzene rings is 2. The number of aryl methyl sites for hydroxylation is 1. The summed E-state index contributed by atoms with van der Waals surface area (Å²) in [7, 11) is -4.41. The number of nitrogens with one attached hydrogen (secondary N) is 2. The lowest BCUT2D eigenvalue weighted by Gasteiger charge is -2.22. The highest BCUT2D eigenvalue weighted by Crippen LogP contribution is 2.28. The number of sulfonamides is 1. The van der Waals surface area contributed by atoms with E-state index in [1.54, 1.807) is 12.1 Å². The second-order valence-electron chi connectivity index (χ2n) is 7.18. The molecule has 0 saturated heterocycles. The van der Waals surface area contributed by atoms with E-state index < -0.39 is 22.5 Å². The minimum absolute atomic E-state index is 0.104. The third-order valence-electron chi connectivity index (χ3n) is 4.51. The molecule has 3 aromatic rings. The Bertz CT molecular complexity index is 1280. The maximum absolute atomic E-state index is 13.6. The minimum Gasteiger partial charge on any atom is -0.482 e. The summed E-state index contributed by atoms with van der Waals surface area (Å²) < 4.78 is 33.2. The zero-order valence-electron chi connectivity index (χ0n) is 19.2. The molecule has 2 N–H and O–H groups in total. The van der Waals surface area contributed by atoms with E-state index in [4.69, 9.17) is 27.9 Å². The summed E-state index contributed by atoms with van der Waals surface area (Å²) in [6.45, 7) is 5.74. The van der Waals surface area contributed by atoms with E-state index in [2.05, 4.69) is 25.6 Å². The largest absolute Gasteiger partial charge is 0.482 e. The Kier molecular flexibility index (Phi) is 8.71. The number of carbonyl (C=O) groups excluding carboxylic acids is 1. The Morgan fingerprint density at radius 2 is 1.57 bits per heavy atom. The van der Waals surface area contributed by atoms with Crippen LogP contribution in [0.2, 0.25) is 10.0 Å². The van der Waals surface area contributed by atoms with Crippen LogP contribution in [0, 0.1) is 6.92 Å². The number of hydrogen-bond donors (Lipinski definition) is 2. The number of aromatic nitrogens is 3. The number of anilines is 3. The number of amides is 1. The van der Waals surface area contributed by atoms with E-state index >= 15 is 0 Å². The number of rotatable bonds is 10. The molecule has 35 heavy (non-hydrogen) atoms. The van der Waals surface area contributed by atoms with E-state index in [0.717, 1.165) is 5.56 Å². The van der Waals surface area contributed by atoms with Crippen molar-refractivity contribution in [3.05, 3.63) is 58.1 Å². The van der Waals surface area contributed by atoms with Crippen LogP contribution in [-0.2, 0) is 14.8 Å². The van der Waals surface area contributed by atoms with Crippen LogP contribution in [0.3, 0.4) is 0 Å². The Labute approximate surface area is 213 Å². The summed E-state index contributed by atoms with van der Waals surface area (Å²) in [5, 5.41) is 6.38. The van der Waals surface area contributed by atoms with Gasteiger partial charge in [0, 0.05) is 18.1 Å². The maximum atomic E-state index is 13.6. The second kappa shape index (κ2) is 11.5. The van der Waals surface area contributed by atoms with Crippen molar-refractivity contribution in [2.24, 2.45) is 0 Å². The van der Waals surface area contributed by atoms with Gasteiger partial charge < -0.3 is 15.4 Å². The smallest absolute Gasteiger partial charge is 0.281 e. The van der Waals surface area contributed by atoms with Crippen molar-refractivity contribution in [1.29, 1.82) is 0 Å². The summed E-state index contributed by atoms with van der Waals surface area (Å²) in [6.07, 6.45) is 0. The molecule has 0 aliphatic rings. The standard InChI is InChI=1S/C22H24Cl2N6O4S/c1-4-25-20-27-21(26-5-2)29-22(28-20)30(35(32,33)16-9-6-14(3)7-10-16)19(31)13-34-18-11-8-15(23)12-17(18)24/h6-12H,4-5,13H2,1-3H3,(H2,25,26,27,28,29). The van der Waals surface area contributed by atoms with Crippen molar-refractivity contribution < 1.29 is 17.9 Å². The van der Waals surface area contributed by atoms with Gasteiger partial charge in [-0.2, -0.15) is 19.3 Å². The highest BCUT2D eigenvalue weighted by atomic mass is 35.5. The fraction of sp³-hybridized carbons (Fsp3) is 0.273. The van der Waals surface area contributed by atoms with E-state index in [-0.39, 0.29) is 33.5 Å². The van der Waals surface area contributed by atoms with Crippen LogP contribution in [0.25, 0.3) is 0 Å². The molecule has 0 radical (unpaired) electrons. The number of carbonyl (C=O) groups is 1. The molecule has 0 aliphatic carbocycles. The third kappa shape index (κ3) is 6.50. The van der Waals surface area contributed by atoms with E-state index in [0.29, 0.717) is 22.4 Å². The predicted octanol–water partition coefficient (Wildman–Crippen LogP) is 4.15. The first-order valence-electron chi connectivity index (χ1n) is 10.6. The zero-order chi connectivity index (χ0) is 25.6. The fourth-order valence-corrected chi connectivity index (χ4v) is 4.66. The molecule has 0 saturated carbocycles. The SMILES string of the molecule is CCNc1nc(NCC)nc(N(C(=O)COc2ccc(Cl)cc2Cl)S(=O)(=O)c2ccc(C)cc2)n1. The van der Waals surface area contributed by atoms with E-state index in [9.17, 15) is 13.2 Å². The van der Waals surface area contributed by atoms with Crippen molar-refractivity contribution in [2.45, 2.75) is 25.7 Å². The van der Waals surface area contributed by atoms with Gasteiger partial charge in [-0.3, -0.25) is 4.79 Å². The topological polar surface area (TPSA) is 126 Å². The molecular weight excluding hydrogens is 515 g/mol. The maximum Gasteiger partial charge on any atom is 0.281 e. The molecule has 1 aromatic heterocycles. The van der Waals surface area contributed by atoms with Crippen molar-refractivity contribution in [3.63, 3.8) is 0 Å². The van der Waals surface area contributed by atoms with Crippen LogP contribution >= 0.6 is 23.2 Å². The first kappa shape index (κ1) is 26.5. The van der Waals surface area contributed by atoms with Crippen LogP contribution in [0.4, 0.5) is 17.8 Å². The van der Waals surface area contributed by atoms with E-state index in [1.165, 1.54) is 30.3 Å². The molecule has 0 bridgehead atoms. The molecule has 1 amide bonds. The second-order valence-corrected chi connectivity index (χ2v) is 9.81. The normalized spacial score (nSPS) is 11.1. The zero-order valence-corrected chi connectivity index (χ0v) is 21.6. The molecule has 186 valence electrons. The average Bonchev–Trinajstić information content (AvgIpc) is 2.79. The van der Waals surface area contributed by atoms with Gasteiger partial charge >= 0.3 is 0 Å². The van der Waals surface area contributed by atoms with Gasteiger partial charge in [-0.05, 0) is 51.1 Å². The van der Waals surface area contributed by atoms with E-state index in [1.807, 2.05) is 20.8 Å². The Morgan fingerprint density at radius 1 is 0.971 bits per heavy atom. The predicted molar refractivity (Wildman–Crippen MR) is 136 cm³/mol. The Morgan fingerprint density at radius 3 is 2.11 bits per heavy atom. The van der Waals surface area contributed by atoms with Crippen molar-refractivity contribution in [2.75, 3.05) is 34.6 Å². The quantitative estimate of drug-likeness (QED) is 0.391. The summed E-state index contributed by atoms with van der Waals surface area (Å²) in [6, 6.07) is 10.5. The molecule has 0 atom stereocenters.